The average Bonchev–Trinajstić information content (AvgIpc) is 2.53. The molecule has 17 heavy (non-hydrogen) atoms. The lowest BCUT2D eigenvalue weighted by Crippen LogP contribution is -2.27. The van der Waals surface area contributed by atoms with Gasteiger partial charge < -0.3 is 5.73 Å². The van der Waals surface area contributed by atoms with Gasteiger partial charge in [0.15, 0.2) is 0 Å². The van der Waals surface area contributed by atoms with E-state index in [4.69, 9.17) is 5.73 Å². The molecule has 0 aromatic heterocycles. The molecule has 2 aliphatic rings. The van der Waals surface area contributed by atoms with E-state index in [-0.39, 0.29) is 0 Å². The molecule has 2 saturated carbocycles. The molecule has 2 N–H and O–H groups in total. The Balaban J connectivity index is 2.02. The van der Waals surface area contributed by atoms with Crippen LogP contribution in [0.15, 0.2) is 0 Å². The Morgan fingerprint density at radius 2 is 1.65 bits per heavy atom. The molecule has 100 valence electrons. The van der Waals surface area contributed by atoms with E-state index in [1.54, 1.807) is 0 Å². The fourth-order valence-corrected chi connectivity index (χ4v) is 4.22. The first-order valence-electron chi connectivity index (χ1n) is 7.94. The van der Waals surface area contributed by atoms with Crippen LogP contribution >= 0.6 is 0 Å². The first kappa shape index (κ1) is 13.4. The van der Waals surface area contributed by atoms with Crippen LogP contribution in [0.2, 0.25) is 0 Å². The second-order valence-corrected chi connectivity index (χ2v) is 6.94. The van der Waals surface area contributed by atoms with Crippen LogP contribution in [0.1, 0.15) is 77.6 Å². The minimum atomic E-state index is 0.690. The third-order valence-corrected chi connectivity index (χ3v) is 5.45. The number of rotatable bonds is 1. The van der Waals surface area contributed by atoms with Gasteiger partial charge in [-0.15, -0.1) is 0 Å². The molecule has 3 unspecified atom stereocenters. The van der Waals surface area contributed by atoms with Crippen LogP contribution in [0.4, 0.5) is 0 Å². The predicted molar refractivity (Wildman–Crippen MR) is 74.9 cm³/mol. The van der Waals surface area contributed by atoms with Crippen molar-refractivity contribution in [2.75, 3.05) is 6.54 Å². The zero-order chi connectivity index (χ0) is 12.1. The van der Waals surface area contributed by atoms with E-state index in [0.29, 0.717) is 5.41 Å². The highest BCUT2D eigenvalue weighted by Crippen LogP contribution is 2.47. The monoisotopic (exact) mass is 237 g/mol. The maximum Gasteiger partial charge on any atom is -0.00487 e. The summed E-state index contributed by atoms with van der Waals surface area (Å²) in [5.74, 6) is 1.79. The molecule has 0 saturated heterocycles. The van der Waals surface area contributed by atoms with E-state index in [1.165, 1.54) is 70.6 Å². The first-order valence-corrected chi connectivity index (χ1v) is 7.94. The van der Waals surface area contributed by atoms with Crippen LogP contribution in [-0.2, 0) is 0 Å². The summed E-state index contributed by atoms with van der Waals surface area (Å²) in [5.41, 5.74) is 6.65. The molecule has 3 atom stereocenters. The molecule has 0 aliphatic heterocycles. The number of nitrogens with two attached hydrogens (primary N) is 1. The molecule has 1 heteroatoms. The normalized spacial score (nSPS) is 40.6. The molecule has 0 aromatic rings. The van der Waals surface area contributed by atoms with Crippen LogP contribution in [0, 0.1) is 17.3 Å². The molecule has 0 radical (unpaired) electrons. The van der Waals surface area contributed by atoms with Crippen molar-refractivity contribution >= 4 is 0 Å². The van der Waals surface area contributed by atoms with Crippen LogP contribution in [0.3, 0.4) is 0 Å². The Kier molecular flexibility index (Phi) is 4.90. The summed E-state index contributed by atoms with van der Waals surface area (Å²) in [6.45, 7) is 3.38. The van der Waals surface area contributed by atoms with Gasteiger partial charge in [0.05, 0.1) is 0 Å². The van der Waals surface area contributed by atoms with E-state index in [1.807, 2.05) is 0 Å². The van der Waals surface area contributed by atoms with Gasteiger partial charge >= 0.3 is 0 Å². The molecular weight excluding hydrogens is 206 g/mol. The third-order valence-electron chi connectivity index (χ3n) is 5.45. The van der Waals surface area contributed by atoms with Crippen LogP contribution in [0.5, 0.6) is 0 Å². The van der Waals surface area contributed by atoms with Gasteiger partial charge in [-0.05, 0) is 55.9 Å². The molecule has 2 aliphatic carbocycles. The molecule has 0 amide bonds. The lowest BCUT2D eigenvalue weighted by Gasteiger charge is -2.38. The summed E-state index contributed by atoms with van der Waals surface area (Å²) in [6, 6.07) is 0. The van der Waals surface area contributed by atoms with Crippen molar-refractivity contribution < 1.29 is 0 Å². The molecule has 0 bridgehead atoms. The second-order valence-electron chi connectivity index (χ2n) is 6.94. The standard InChI is InChI=1S/C16H31N/c1-14-6-2-4-9-16(11-8-14)10-5-3-7-15(12-16)13-17/h14-15H,2-13,17H2,1H3. The molecule has 1 spiro atoms. The van der Waals surface area contributed by atoms with Gasteiger partial charge in [-0.25, -0.2) is 0 Å². The fraction of sp³-hybridized carbons (Fsp3) is 1.00. The Morgan fingerprint density at radius 1 is 0.941 bits per heavy atom. The zero-order valence-corrected chi connectivity index (χ0v) is 11.7. The molecule has 1 nitrogen and oxygen atoms in total. The predicted octanol–water partition coefficient (Wildman–Crippen LogP) is 4.50. The maximum absolute atomic E-state index is 5.96. The van der Waals surface area contributed by atoms with Crippen LogP contribution in [0.25, 0.3) is 0 Å². The summed E-state index contributed by atoms with van der Waals surface area (Å²) in [4.78, 5) is 0. The van der Waals surface area contributed by atoms with Gasteiger partial charge in [-0.2, -0.15) is 0 Å². The van der Waals surface area contributed by atoms with Gasteiger partial charge in [-0.3, -0.25) is 0 Å². The summed E-state index contributed by atoms with van der Waals surface area (Å²) in [6.07, 6.45) is 16.1. The van der Waals surface area contributed by atoms with Gasteiger partial charge in [0, 0.05) is 0 Å². The maximum atomic E-state index is 5.96. The smallest absolute Gasteiger partial charge is 0.00487 e. The molecule has 0 heterocycles. The molecule has 2 fully saturated rings. The Labute approximate surface area is 108 Å². The van der Waals surface area contributed by atoms with Gasteiger partial charge in [0.2, 0.25) is 0 Å². The van der Waals surface area contributed by atoms with E-state index < -0.39 is 0 Å². The summed E-state index contributed by atoms with van der Waals surface area (Å²) in [7, 11) is 0. The average molecular weight is 237 g/mol. The third kappa shape index (κ3) is 3.71. The highest BCUT2D eigenvalue weighted by Gasteiger charge is 2.34. The zero-order valence-electron chi connectivity index (χ0n) is 11.7. The largest absolute Gasteiger partial charge is 0.330 e. The summed E-state index contributed by atoms with van der Waals surface area (Å²) in [5, 5.41) is 0. The van der Waals surface area contributed by atoms with E-state index in [2.05, 4.69) is 6.92 Å². The lowest BCUT2D eigenvalue weighted by atomic mass is 9.68. The van der Waals surface area contributed by atoms with Crippen molar-refractivity contribution in [3.8, 4) is 0 Å². The van der Waals surface area contributed by atoms with Gasteiger partial charge in [0.1, 0.15) is 0 Å². The van der Waals surface area contributed by atoms with E-state index in [9.17, 15) is 0 Å². The van der Waals surface area contributed by atoms with E-state index >= 15 is 0 Å². The van der Waals surface area contributed by atoms with E-state index in [0.717, 1.165) is 18.4 Å². The fourth-order valence-electron chi connectivity index (χ4n) is 4.22. The SMILES string of the molecule is CC1CCCCC2(CCCCC(CN)C2)CC1. The van der Waals surface area contributed by atoms with Crippen LogP contribution < -0.4 is 5.73 Å². The Hall–Kier alpha value is -0.0400. The molecule has 2 rings (SSSR count). The highest BCUT2D eigenvalue weighted by atomic mass is 14.6. The van der Waals surface area contributed by atoms with Crippen molar-refractivity contribution in [2.45, 2.75) is 77.6 Å². The van der Waals surface area contributed by atoms with Crippen molar-refractivity contribution in [2.24, 2.45) is 23.0 Å². The summed E-state index contributed by atoms with van der Waals surface area (Å²) >= 11 is 0. The summed E-state index contributed by atoms with van der Waals surface area (Å²) < 4.78 is 0. The Bertz CT molecular complexity index is 226. The first-order chi connectivity index (χ1) is 8.24. The minimum Gasteiger partial charge on any atom is -0.330 e. The topological polar surface area (TPSA) is 26.0 Å². The van der Waals surface area contributed by atoms with Crippen molar-refractivity contribution in [1.29, 1.82) is 0 Å². The molecular formula is C16H31N. The van der Waals surface area contributed by atoms with Gasteiger partial charge in [-0.1, -0.05) is 45.4 Å². The van der Waals surface area contributed by atoms with Crippen LogP contribution in [-0.4, -0.2) is 6.54 Å². The number of hydrogen-bond acceptors (Lipinski definition) is 1. The van der Waals surface area contributed by atoms with Crippen molar-refractivity contribution in [3.05, 3.63) is 0 Å². The quantitative estimate of drug-likeness (QED) is 0.714. The second kappa shape index (κ2) is 6.22. The number of hydrogen-bond donors (Lipinski definition) is 1. The van der Waals surface area contributed by atoms with Gasteiger partial charge in [0.25, 0.3) is 0 Å². The van der Waals surface area contributed by atoms with Crippen molar-refractivity contribution in [1.82, 2.24) is 0 Å². The highest BCUT2D eigenvalue weighted by molar-refractivity contribution is 4.87. The lowest BCUT2D eigenvalue weighted by molar-refractivity contribution is 0.143. The van der Waals surface area contributed by atoms with Crippen molar-refractivity contribution in [3.63, 3.8) is 0 Å². The molecule has 0 aromatic carbocycles. The minimum absolute atomic E-state index is 0.690. The Morgan fingerprint density at radius 3 is 2.35 bits per heavy atom.